The summed E-state index contributed by atoms with van der Waals surface area (Å²) in [5.74, 6) is 0.295. The number of amides is 1. The first-order chi connectivity index (χ1) is 11.1. The highest BCUT2D eigenvalue weighted by Crippen LogP contribution is 2.40. The third-order valence-corrected chi connectivity index (χ3v) is 4.79. The van der Waals surface area contributed by atoms with Gasteiger partial charge in [-0.1, -0.05) is 11.6 Å². The molecule has 0 saturated heterocycles. The van der Waals surface area contributed by atoms with Crippen LogP contribution in [0, 0.1) is 5.92 Å². The van der Waals surface area contributed by atoms with E-state index in [9.17, 15) is 9.90 Å². The minimum Gasteiger partial charge on any atom is -0.386 e. The molecule has 0 unspecified atom stereocenters. The average molecular weight is 335 g/mol. The summed E-state index contributed by atoms with van der Waals surface area (Å²) < 4.78 is 1.93. The third kappa shape index (κ3) is 2.88. The van der Waals surface area contributed by atoms with Crippen LogP contribution in [0.3, 0.4) is 0 Å². The van der Waals surface area contributed by atoms with E-state index < -0.39 is 6.10 Å². The minimum atomic E-state index is -0.471. The molecule has 1 atom stereocenters. The zero-order valence-electron chi connectivity index (χ0n) is 12.7. The molecule has 1 aliphatic carbocycles. The van der Waals surface area contributed by atoms with E-state index in [1.807, 2.05) is 10.7 Å². The van der Waals surface area contributed by atoms with Crippen LogP contribution in [0.5, 0.6) is 0 Å². The number of nitrogens with one attached hydrogen (secondary N) is 1. The van der Waals surface area contributed by atoms with Crippen LogP contribution in [0.15, 0.2) is 18.3 Å². The molecule has 1 fully saturated rings. The zero-order valence-corrected chi connectivity index (χ0v) is 13.5. The highest BCUT2D eigenvalue weighted by molar-refractivity contribution is 6.30. The van der Waals surface area contributed by atoms with Gasteiger partial charge in [0.1, 0.15) is 11.8 Å². The molecule has 2 aliphatic rings. The van der Waals surface area contributed by atoms with Gasteiger partial charge >= 0.3 is 0 Å². The summed E-state index contributed by atoms with van der Waals surface area (Å²) in [5, 5.41) is 15.3. The Hall–Kier alpha value is -1.79. The second-order valence-electron chi connectivity index (χ2n) is 6.38. The quantitative estimate of drug-likeness (QED) is 0.904. The Balaban J connectivity index is 1.55. The van der Waals surface area contributed by atoms with Gasteiger partial charge in [0.05, 0.1) is 23.0 Å². The Bertz CT molecular complexity index is 734. The number of aromatic nitrogens is 3. The highest BCUT2D eigenvalue weighted by atomic mass is 35.5. The predicted molar refractivity (Wildman–Crippen MR) is 85.1 cm³/mol. The molecule has 4 rings (SSSR count). The van der Waals surface area contributed by atoms with Crippen LogP contribution in [0.4, 0.5) is 0 Å². The molecule has 0 bridgehead atoms. The van der Waals surface area contributed by atoms with E-state index in [0.29, 0.717) is 29.7 Å². The van der Waals surface area contributed by atoms with Gasteiger partial charge in [-0.2, -0.15) is 5.10 Å². The van der Waals surface area contributed by atoms with E-state index in [4.69, 9.17) is 11.6 Å². The van der Waals surface area contributed by atoms with Crippen LogP contribution in [0.2, 0.25) is 5.02 Å². The summed E-state index contributed by atoms with van der Waals surface area (Å²) in [4.78, 5) is 17.3. The average Bonchev–Trinajstić information content (AvgIpc) is 3.24. The van der Waals surface area contributed by atoms with Crippen molar-refractivity contribution >= 4 is 17.5 Å². The molecule has 7 heteroatoms. The number of aliphatic hydroxyl groups excluding tert-OH is 1. The van der Waals surface area contributed by atoms with Crippen LogP contribution in [0.25, 0.3) is 0 Å². The van der Waals surface area contributed by atoms with Crippen LogP contribution >= 0.6 is 11.6 Å². The number of fused-ring (bicyclic) bond motifs is 1. The van der Waals surface area contributed by atoms with Gasteiger partial charge in [-0.15, -0.1) is 0 Å². The molecule has 122 valence electrons. The van der Waals surface area contributed by atoms with E-state index in [2.05, 4.69) is 10.1 Å². The summed E-state index contributed by atoms with van der Waals surface area (Å²) in [6.07, 6.45) is 4.12. The second kappa shape index (κ2) is 5.69. The number of halogens is 1. The number of carbonyl (C=O) groups excluding carboxylic acids is 1. The number of rotatable bonds is 3. The lowest BCUT2D eigenvalue weighted by atomic mass is 10.1. The maximum Gasteiger partial charge on any atom is 0.270 e. The van der Waals surface area contributed by atoms with Crippen molar-refractivity contribution in [3.05, 3.63) is 40.4 Å². The normalized spacial score (nSPS) is 19.3. The Kier molecular flexibility index (Phi) is 3.66. The van der Waals surface area contributed by atoms with Gasteiger partial charge in [-0.05, 0) is 37.3 Å². The summed E-state index contributed by atoms with van der Waals surface area (Å²) in [5.41, 5.74) is 2.21. The Morgan fingerprint density at radius 2 is 2.22 bits per heavy atom. The van der Waals surface area contributed by atoms with Crippen molar-refractivity contribution in [1.29, 1.82) is 0 Å². The van der Waals surface area contributed by atoms with Crippen molar-refractivity contribution in [3.63, 3.8) is 0 Å². The molecule has 3 heterocycles. The second-order valence-corrected chi connectivity index (χ2v) is 6.81. The van der Waals surface area contributed by atoms with E-state index in [1.165, 1.54) is 0 Å². The number of carbonyl (C=O) groups is 1. The van der Waals surface area contributed by atoms with Crippen LogP contribution in [-0.2, 0) is 13.1 Å². The molecule has 0 spiro atoms. The first-order valence-corrected chi connectivity index (χ1v) is 8.37. The van der Waals surface area contributed by atoms with Gasteiger partial charge in [0, 0.05) is 19.3 Å². The molecule has 6 nitrogen and oxygen atoms in total. The topological polar surface area (TPSA) is 74.2 Å². The van der Waals surface area contributed by atoms with Gasteiger partial charge < -0.3 is 15.0 Å². The Morgan fingerprint density at radius 3 is 2.91 bits per heavy atom. The lowest BCUT2D eigenvalue weighted by Crippen LogP contribution is -2.30. The first-order valence-electron chi connectivity index (χ1n) is 7.99. The van der Waals surface area contributed by atoms with Crippen LogP contribution in [-0.4, -0.2) is 37.2 Å². The van der Waals surface area contributed by atoms with Crippen molar-refractivity contribution in [2.24, 2.45) is 5.92 Å². The molecule has 1 saturated carbocycles. The summed E-state index contributed by atoms with van der Waals surface area (Å²) >= 11 is 5.89. The maximum atomic E-state index is 12.6. The van der Waals surface area contributed by atoms with Crippen molar-refractivity contribution in [2.45, 2.75) is 38.5 Å². The molecule has 23 heavy (non-hydrogen) atoms. The highest BCUT2D eigenvalue weighted by Gasteiger charge is 2.33. The number of aryl methyl sites for hydroxylation is 1. The fourth-order valence-electron chi connectivity index (χ4n) is 3.12. The maximum absolute atomic E-state index is 12.6. The molecule has 1 aliphatic heterocycles. The van der Waals surface area contributed by atoms with E-state index in [0.717, 1.165) is 37.2 Å². The third-order valence-electron chi connectivity index (χ3n) is 4.57. The van der Waals surface area contributed by atoms with Crippen molar-refractivity contribution in [2.75, 3.05) is 6.54 Å². The largest absolute Gasteiger partial charge is 0.386 e. The van der Waals surface area contributed by atoms with Gasteiger partial charge in [0.2, 0.25) is 0 Å². The smallest absolute Gasteiger partial charge is 0.270 e. The Labute approximate surface area is 139 Å². The fourth-order valence-corrected chi connectivity index (χ4v) is 3.28. The molecule has 0 aromatic carbocycles. The van der Waals surface area contributed by atoms with Crippen molar-refractivity contribution in [3.8, 4) is 0 Å². The number of nitrogens with zero attached hydrogens (tertiary/aromatic N) is 3. The first kappa shape index (κ1) is 14.8. The number of hydrogen-bond donors (Lipinski definition) is 2. The Morgan fingerprint density at radius 1 is 1.39 bits per heavy atom. The summed E-state index contributed by atoms with van der Waals surface area (Å²) in [6, 6.07) is 3.59. The standard InChI is InChI=1S/C16H19ClN4O2/c17-11-6-14(18-8-11)16(23)20-4-1-5-21-12(9-20)7-13(19-21)15(22)10-2-3-10/h6-8,10,15,18,22H,1-5,9H2/t15-/m0/s1. The lowest BCUT2D eigenvalue weighted by Gasteiger charge is -2.19. The van der Waals surface area contributed by atoms with Crippen LogP contribution < -0.4 is 0 Å². The monoisotopic (exact) mass is 334 g/mol. The van der Waals surface area contributed by atoms with Crippen molar-refractivity contribution < 1.29 is 9.90 Å². The minimum absolute atomic E-state index is 0.0594. The molecule has 1 amide bonds. The molecule has 2 aromatic heterocycles. The number of hydrogen-bond acceptors (Lipinski definition) is 3. The van der Waals surface area contributed by atoms with Gasteiger partial charge in [0.15, 0.2) is 0 Å². The van der Waals surface area contributed by atoms with Gasteiger partial charge in [-0.25, -0.2) is 0 Å². The number of H-pyrrole nitrogens is 1. The van der Waals surface area contributed by atoms with Gasteiger partial charge in [-0.3, -0.25) is 9.48 Å². The van der Waals surface area contributed by atoms with Crippen molar-refractivity contribution in [1.82, 2.24) is 19.7 Å². The van der Waals surface area contributed by atoms with E-state index >= 15 is 0 Å². The van der Waals surface area contributed by atoms with Gasteiger partial charge in [0.25, 0.3) is 5.91 Å². The predicted octanol–water partition coefficient (Wildman–Crippen LogP) is 2.35. The number of aromatic amines is 1. The summed E-state index contributed by atoms with van der Waals surface area (Å²) in [7, 11) is 0. The SMILES string of the molecule is O=C(c1cc(Cl)c[nH]1)N1CCCn2nc([C@@H](O)C3CC3)cc2C1. The molecule has 2 aromatic rings. The zero-order chi connectivity index (χ0) is 16.0. The molecule has 0 radical (unpaired) electrons. The number of aliphatic hydroxyl groups is 1. The van der Waals surface area contributed by atoms with E-state index in [-0.39, 0.29) is 5.91 Å². The molecular formula is C16H19ClN4O2. The molecular weight excluding hydrogens is 316 g/mol. The molecule has 2 N–H and O–H groups in total. The summed E-state index contributed by atoms with van der Waals surface area (Å²) in [6.45, 7) is 1.95. The fraction of sp³-hybridized carbons (Fsp3) is 0.500. The lowest BCUT2D eigenvalue weighted by molar-refractivity contribution is 0.0740. The van der Waals surface area contributed by atoms with Crippen LogP contribution in [0.1, 0.15) is 47.2 Å². The van der Waals surface area contributed by atoms with E-state index in [1.54, 1.807) is 17.2 Å².